The van der Waals surface area contributed by atoms with Crippen LogP contribution >= 0.6 is 11.3 Å². The number of halogens is 1. The minimum Gasteiger partial charge on any atom is -1.00 e. The number of hydrogen-bond acceptors (Lipinski definition) is 5. The Hall–Kier alpha value is -3.04. The van der Waals surface area contributed by atoms with Gasteiger partial charge < -0.3 is 36.3 Å². The summed E-state index contributed by atoms with van der Waals surface area (Å²) in [7, 11) is 0. The number of benzene rings is 2. The lowest BCUT2D eigenvalue weighted by Crippen LogP contribution is -3.00. The number of ether oxygens (including phenoxy) is 2. The number of rotatable bonds is 5. The lowest BCUT2D eigenvalue weighted by atomic mass is 10.1. The topological polar surface area (TPSA) is 76.9 Å². The van der Waals surface area contributed by atoms with Crippen LogP contribution in [0.4, 0.5) is 10.5 Å². The summed E-state index contributed by atoms with van der Waals surface area (Å²) in [6.45, 7) is 5.47. The zero-order valence-electron chi connectivity index (χ0n) is 16.0. The average molecular weight is 488 g/mol. The number of para-hydroxylation sites is 1. The summed E-state index contributed by atoms with van der Waals surface area (Å²) in [6.07, 6.45) is 1.79. The molecule has 0 radical (unpaired) electrons. The van der Waals surface area contributed by atoms with Gasteiger partial charge in [0.25, 0.3) is 0 Å². The fraction of sp³-hybridized carbons (Fsp3) is 0.143. The van der Waals surface area contributed by atoms with Crippen molar-refractivity contribution in [3.8, 4) is 22.8 Å². The largest absolute Gasteiger partial charge is 1.00 e. The van der Waals surface area contributed by atoms with Crippen molar-refractivity contribution in [1.29, 1.82) is 0 Å². The molecule has 0 atom stereocenters. The predicted octanol–water partition coefficient (Wildman–Crippen LogP) is 0.815. The smallest absolute Gasteiger partial charge is 0.339 e. The number of urea groups is 1. The van der Waals surface area contributed by atoms with E-state index in [2.05, 4.69) is 22.4 Å². The molecule has 9 heteroatoms. The molecule has 0 saturated carbocycles. The van der Waals surface area contributed by atoms with Gasteiger partial charge in [-0.05, 0) is 30.3 Å². The van der Waals surface area contributed by atoms with Crippen molar-refractivity contribution in [1.82, 2.24) is 9.99 Å². The first-order valence-electron chi connectivity index (χ1n) is 9.09. The van der Waals surface area contributed by atoms with Crippen LogP contribution in [0, 0.1) is 0 Å². The molecule has 1 aliphatic rings. The zero-order chi connectivity index (χ0) is 20.1. The Morgan fingerprint density at radius 2 is 1.93 bits per heavy atom. The van der Waals surface area contributed by atoms with Gasteiger partial charge in [-0.15, -0.1) is 23.0 Å². The van der Waals surface area contributed by atoms with E-state index in [1.54, 1.807) is 6.08 Å². The number of nitrogens with one attached hydrogen (secondary N) is 2. The van der Waals surface area contributed by atoms with Gasteiger partial charge in [0.15, 0.2) is 11.5 Å². The van der Waals surface area contributed by atoms with E-state index in [0.717, 1.165) is 22.8 Å². The molecule has 4 rings (SSSR count). The monoisotopic (exact) mass is 487 g/mol. The maximum absolute atomic E-state index is 12.1. The standard InChI is InChI=1S/C21H20N4O3S.BrH/c1-2-10-25-17(15-8-9-18-19(13-15)28-12-11-27-18)14-29-21(25)24-23-20(26)22-16-6-4-3-5-7-16;/h2-9,13-14H,1,10-12H2,(H2,22,23,26);1H/p-1/b24-21+;. The molecule has 1 aromatic heterocycles. The Morgan fingerprint density at radius 3 is 2.70 bits per heavy atom. The maximum Gasteiger partial charge on any atom is 0.339 e. The van der Waals surface area contributed by atoms with Crippen LogP contribution in [-0.2, 0) is 6.54 Å². The number of amides is 2. The van der Waals surface area contributed by atoms with Gasteiger partial charge in [-0.3, -0.25) is 0 Å². The van der Waals surface area contributed by atoms with Gasteiger partial charge in [0, 0.05) is 23.2 Å². The van der Waals surface area contributed by atoms with Gasteiger partial charge in [0.1, 0.15) is 13.2 Å². The highest BCUT2D eigenvalue weighted by Crippen LogP contribution is 2.34. The Labute approximate surface area is 188 Å². The number of thiazole rings is 1. The molecule has 2 amide bonds. The summed E-state index contributed by atoms with van der Waals surface area (Å²) < 4.78 is 13.3. The van der Waals surface area contributed by atoms with E-state index in [1.165, 1.54) is 11.3 Å². The van der Waals surface area contributed by atoms with Gasteiger partial charge in [-0.1, -0.05) is 24.3 Å². The molecule has 156 valence electrons. The summed E-state index contributed by atoms with van der Waals surface area (Å²) in [5, 5.41) is 9.00. The van der Waals surface area contributed by atoms with Crippen molar-refractivity contribution < 1.29 is 31.2 Å². The van der Waals surface area contributed by atoms with Crippen LogP contribution in [0.25, 0.3) is 11.3 Å². The lowest BCUT2D eigenvalue weighted by molar-refractivity contribution is -0.00000940. The number of allylic oxidation sites excluding steroid dienone is 1. The van der Waals surface area contributed by atoms with E-state index in [4.69, 9.17) is 9.47 Å². The maximum atomic E-state index is 12.1. The van der Waals surface area contributed by atoms with E-state index in [0.29, 0.717) is 30.2 Å². The first-order valence-corrected chi connectivity index (χ1v) is 9.97. The fourth-order valence-corrected chi connectivity index (χ4v) is 3.82. The molecule has 0 fully saturated rings. The Balaban J connectivity index is 0.00000256. The van der Waals surface area contributed by atoms with Crippen molar-refractivity contribution in [2.75, 3.05) is 18.5 Å². The van der Waals surface area contributed by atoms with Crippen LogP contribution in [0.15, 0.2) is 71.7 Å². The highest BCUT2D eigenvalue weighted by atomic mass is 79.9. The molecule has 0 unspecified atom stereocenters. The van der Waals surface area contributed by atoms with Crippen LogP contribution in [0.3, 0.4) is 0 Å². The Morgan fingerprint density at radius 1 is 1.17 bits per heavy atom. The molecular formula is C21H20BrN4O3S-. The van der Waals surface area contributed by atoms with E-state index in [1.807, 2.05) is 58.5 Å². The van der Waals surface area contributed by atoms with Gasteiger partial charge >= 0.3 is 6.03 Å². The quantitative estimate of drug-likeness (QED) is 0.413. The van der Waals surface area contributed by atoms with Crippen LogP contribution in [0.2, 0.25) is 0 Å². The number of anilines is 1. The summed E-state index contributed by atoms with van der Waals surface area (Å²) in [5.41, 5.74) is 5.17. The molecule has 0 spiro atoms. The van der Waals surface area contributed by atoms with Gasteiger partial charge in [0.2, 0.25) is 4.80 Å². The molecule has 0 aliphatic carbocycles. The molecule has 1 aliphatic heterocycles. The van der Waals surface area contributed by atoms with E-state index < -0.39 is 6.03 Å². The van der Waals surface area contributed by atoms with Crippen molar-refractivity contribution in [3.05, 3.63) is 71.4 Å². The summed E-state index contributed by atoms with van der Waals surface area (Å²) in [6, 6.07) is 14.6. The minimum atomic E-state index is -0.407. The van der Waals surface area contributed by atoms with Crippen LogP contribution < -0.4 is 42.0 Å². The van der Waals surface area contributed by atoms with E-state index >= 15 is 0 Å². The third-order valence-electron chi connectivity index (χ3n) is 4.23. The number of fused-ring (bicyclic) bond motifs is 1. The van der Waals surface area contributed by atoms with Crippen molar-refractivity contribution >= 4 is 23.1 Å². The first-order chi connectivity index (χ1) is 14.2. The second-order valence-corrected chi connectivity index (χ2v) is 7.04. The Bertz CT molecular complexity index is 1100. The molecule has 7 nitrogen and oxygen atoms in total. The van der Waals surface area contributed by atoms with Crippen molar-refractivity contribution in [2.45, 2.75) is 6.54 Å². The molecule has 2 heterocycles. The fourth-order valence-electron chi connectivity index (χ4n) is 2.94. The third kappa shape index (κ3) is 4.92. The summed E-state index contributed by atoms with van der Waals surface area (Å²) >= 11 is 1.43. The van der Waals surface area contributed by atoms with Gasteiger partial charge in [-0.2, -0.15) is 0 Å². The lowest BCUT2D eigenvalue weighted by Gasteiger charge is -2.19. The molecule has 0 bridgehead atoms. The average Bonchev–Trinajstić information content (AvgIpc) is 3.15. The highest BCUT2D eigenvalue weighted by Gasteiger charge is 2.15. The number of hydrogen-bond donors (Lipinski definition) is 2. The predicted molar refractivity (Wildman–Crippen MR) is 113 cm³/mol. The number of carbonyl (C=O) groups is 1. The molecule has 30 heavy (non-hydrogen) atoms. The Kier molecular flexibility index (Phi) is 7.31. The number of nitrogens with zero attached hydrogens (tertiary/aromatic N) is 2. The molecule has 2 N–H and O–H groups in total. The van der Waals surface area contributed by atoms with E-state index in [9.17, 15) is 4.79 Å². The first kappa shape index (κ1) is 21.7. The third-order valence-corrected chi connectivity index (χ3v) is 5.10. The van der Waals surface area contributed by atoms with E-state index in [-0.39, 0.29) is 17.0 Å². The van der Waals surface area contributed by atoms with Gasteiger partial charge in [0.05, 0.1) is 5.69 Å². The van der Waals surface area contributed by atoms with Crippen molar-refractivity contribution in [2.24, 2.45) is 5.10 Å². The molecule has 2 aromatic carbocycles. The van der Waals surface area contributed by atoms with Crippen LogP contribution in [0.1, 0.15) is 0 Å². The summed E-state index contributed by atoms with van der Waals surface area (Å²) in [5.74, 6) is 1.47. The van der Waals surface area contributed by atoms with Crippen molar-refractivity contribution in [3.63, 3.8) is 0 Å². The normalized spacial score (nSPS) is 12.6. The molecule has 3 aromatic rings. The van der Waals surface area contributed by atoms with Crippen LogP contribution in [0.5, 0.6) is 11.5 Å². The number of aromatic nitrogens is 1. The SMILES string of the molecule is C=CCn1c(-c2ccc3c(c2)OCCO3)cs/c1=N/NC(=O)Nc1ccccc1.[Br-]. The second kappa shape index (κ2) is 10.1. The zero-order valence-corrected chi connectivity index (χ0v) is 18.4. The van der Waals surface area contributed by atoms with Crippen LogP contribution in [-0.4, -0.2) is 23.8 Å². The molecule has 0 saturated heterocycles. The highest BCUT2D eigenvalue weighted by molar-refractivity contribution is 7.07. The number of carbonyl (C=O) groups excluding carboxylic acids is 1. The molecular weight excluding hydrogens is 468 g/mol. The van der Waals surface area contributed by atoms with Gasteiger partial charge in [-0.25, -0.2) is 10.2 Å². The minimum absolute atomic E-state index is 0. The summed E-state index contributed by atoms with van der Waals surface area (Å²) in [4.78, 5) is 12.8. The second-order valence-electron chi connectivity index (χ2n) is 6.20.